The highest BCUT2D eigenvalue weighted by molar-refractivity contribution is 5.79. The molecule has 0 fully saturated rings. The number of carbonyl (C=O) groups is 2. The Morgan fingerprint density at radius 1 is 1.35 bits per heavy atom. The fraction of sp³-hybridized carbons (Fsp3) is 0.333. The summed E-state index contributed by atoms with van der Waals surface area (Å²) in [5.74, 6) is 0.461. The first kappa shape index (κ1) is 13.0. The molecule has 2 amide bonds. The van der Waals surface area contributed by atoms with Gasteiger partial charge in [-0.15, -0.1) is 0 Å². The van der Waals surface area contributed by atoms with Gasteiger partial charge in [-0.1, -0.05) is 0 Å². The van der Waals surface area contributed by atoms with Crippen molar-refractivity contribution in [3.8, 4) is 5.75 Å². The number of ether oxygens (including phenoxy) is 1. The molecule has 1 aromatic rings. The van der Waals surface area contributed by atoms with Crippen LogP contribution in [0.15, 0.2) is 12.1 Å². The number of anilines is 1. The van der Waals surface area contributed by atoms with E-state index in [1.165, 1.54) is 11.9 Å². The number of carbonyl (C=O) groups excluding carboxylic acids is 2. The van der Waals surface area contributed by atoms with Gasteiger partial charge in [-0.2, -0.15) is 0 Å². The van der Waals surface area contributed by atoms with Gasteiger partial charge in [0.1, 0.15) is 5.75 Å². The van der Waals surface area contributed by atoms with Gasteiger partial charge < -0.3 is 15.0 Å². The molecule has 0 aromatic heterocycles. The Morgan fingerprint density at radius 3 is 2.29 bits per heavy atom. The lowest BCUT2D eigenvalue weighted by atomic mass is 10.1. The monoisotopic (exact) mass is 236 g/mol. The number of nitrogens with zero attached hydrogens (tertiary/aromatic N) is 1. The molecule has 0 radical (unpaired) electrons. The van der Waals surface area contributed by atoms with Gasteiger partial charge in [-0.25, -0.2) is 4.79 Å². The Hall–Kier alpha value is -2.04. The summed E-state index contributed by atoms with van der Waals surface area (Å²) in [5, 5.41) is 2.37. The van der Waals surface area contributed by atoms with Crippen LogP contribution in [0.4, 0.5) is 10.5 Å². The number of rotatable bonds is 3. The van der Waals surface area contributed by atoms with E-state index in [9.17, 15) is 9.59 Å². The summed E-state index contributed by atoms with van der Waals surface area (Å²) in [7, 11) is 3.18. The minimum Gasteiger partial charge on any atom is -0.410 e. The van der Waals surface area contributed by atoms with Gasteiger partial charge in [-0.05, 0) is 37.1 Å². The molecule has 0 saturated heterocycles. The largest absolute Gasteiger partial charge is 0.412 e. The van der Waals surface area contributed by atoms with Gasteiger partial charge in [0.2, 0.25) is 6.41 Å². The van der Waals surface area contributed by atoms with Crippen LogP contribution < -0.4 is 15.0 Å². The van der Waals surface area contributed by atoms with Crippen molar-refractivity contribution >= 4 is 18.2 Å². The molecule has 0 saturated carbocycles. The van der Waals surface area contributed by atoms with Crippen LogP contribution in [-0.2, 0) is 4.79 Å². The third-order valence-corrected chi connectivity index (χ3v) is 2.39. The van der Waals surface area contributed by atoms with Crippen LogP contribution >= 0.6 is 0 Å². The van der Waals surface area contributed by atoms with E-state index in [-0.39, 0.29) is 0 Å². The molecule has 0 aliphatic rings. The Morgan fingerprint density at radius 2 is 1.88 bits per heavy atom. The zero-order valence-electron chi connectivity index (χ0n) is 10.4. The van der Waals surface area contributed by atoms with Gasteiger partial charge in [-0.3, -0.25) is 4.79 Å². The lowest BCUT2D eigenvalue weighted by molar-refractivity contribution is -0.107. The van der Waals surface area contributed by atoms with Crippen molar-refractivity contribution in [2.45, 2.75) is 13.8 Å². The number of hydrogen-bond acceptors (Lipinski definition) is 3. The van der Waals surface area contributed by atoms with Crippen LogP contribution in [-0.4, -0.2) is 26.6 Å². The molecule has 92 valence electrons. The first-order chi connectivity index (χ1) is 7.99. The minimum absolute atomic E-state index is 0.461. The molecule has 0 aliphatic carbocycles. The summed E-state index contributed by atoms with van der Waals surface area (Å²) in [4.78, 5) is 23.3. The molecular formula is C12H16N2O3. The zero-order valence-corrected chi connectivity index (χ0v) is 10.4. The molecule has 0 atom stereocenters. The molecule has 0 bridgehead atoms. The molecule has 5 heteroatoms. The first-order valence-corrected chi connectivity index (χ1v) is 5.18. The van der Waals surface area contributed by atoms with E-state index >= 15 is 0 Å². The summed E-state index contributed by atoms with van der Waals surface area (Å²) in [5.41, 5.74) is 2.57. The molecule has 0 heterocycles. The van der Waals surface area contributed by atoms with Crippen LogP contribution in [0.2, 0.25) is 0 Å². The van der Waals surface area contributed by atoms with E-state index in [2.05, 4.69) is 5.32 Å². The Bertz CT molecular complexity index is 420. The lowest BCUT2D eigenvalue weighted by Gasteiger charge is -2.18. The van der Waals surface area contributed by atoms with Crippen molar-refractivity contribution < 1.29 is 14.3 Å². The molecule has 0 aliphatic heterocycles. The maximum Gasteiger partial charge on any atom is 0.412 e. The summed E-state index contributed by atoms with van der Waals surface area (Å²) >= 11 is 0. The smallest absolute Gasteiger partial charge is 0.410 e. The van der Waals surface area contributed by atoms with E-state index in [4.69, 9.17) is 4.74 Å². The number of benzene rings is 1. The molecule has 0 unspecified atom stereocenters. The summed E-state index contributed by atoms with van der Waals surface area (Å²) < 4.78 is 5.04. The minimum atomic E-state index is -0.514. The Labute approximate surface area is 100 Å². The standard InChI is InChI=1S/C12H16N2O3/c1-8-5-10(17-12(16)13-3)6-9(2)11(8)14(4)7-15/h5-7H,1-4H3,(H,13,16). The van der Waals surface area contributed by atoms with E-state index in [0.717, 1.165) is 23.2 Å². The maximum atomic E-state index is 11.1. The van der Waals surface area contributed by atoms with E-state index < -0.39 is 6.09 Å². The molecule has 1 N–H and O–H groups in total. The van der Waals surface area contributed by atoms with Gasteiger partial charge in [0.15, 0.2) is 0 Å². The van der Waals surface area contributed by atoms with Gasteiger partial charge in [0, 0.05) is 19.8 Å². The predicted octanol–water partition coefficient (Wildman–Crippen LogP) is 1.61. The highest BCUT2D eigenvalue weighted by Crippen LogP contribution is 2.28. The normalized spacial score (nSPS) is 9.65. The van der Waals surface area contributed by atoms with Crippen LogP contribution in [0.3, 0.4) is 0 Å². The molecule has 17 heavy (non-hydrogen) atoms. The van der Waals surface area contributed by atoms with Gasteiger partial charge >= 0.3 is 6.09 Å². The Kier molecular flexibility index (Phi) is 4.09. The maximum absolute atomic E-state index is 11.1. The van der Waals surface area contributed by atoms with Crippen LogP contribution in [0, 0.1) is 13.8 Å². The average molecular weight is 236 g/mol. The lowest BCUT2D eigenvalue weighted by Crippen LogP contribution is -2.22. The molecule has 0 spiro atoms. The highest BCUT2D eigenvalue weighted by Gasteiger charge is 2.11. The van der Waals surface area contributed by atoms with Crippen molar-refractivity contribution in [3.63, 3.8) is 0 Å². The summed E-state index contributed by atoms with van der Waals surface area (Å²) in [6.07, 6.45) is 0.231. The topological polar surface area (TPSA) is 58.6 Å². The van der Waals surface area contributed by atoms with Crippen molar-refractivity contribution in [2.75, 3.05) is 19.0 Å². The highest BCUT2D eigenvalue weighted by atomic mass is 16.5. The van der Waals surface area contributed by atoms with Crippen LogP contribution in [0.25, 0.3) is 0 Å². The number of amides is 2. The third kappa shape index (κ3) is 2.96. The van der Waals surface area contributed by atoms with Crippen molar-refractivity contribution in [1.29, 1.82) is 0 Å². The zero-order chi connectivity index (χ0) is 13.0. The van der Waals surface area contributed by atoms with E-state index in [1.807, 2.05) is 13.8 Å². The van der Waals surface area contributed by atoms with Crippen molar-refractivity contribution in [3.05, 3.63) is 23.3 Å². The van der Waals surface area contributed by atoms with Crippen LogP contribution in [0.5, 0.6) is 5.75 Å². The summed E-state index contributed by atoms with van der Waals surface area (Å²) in [6.45, 7) is 3.72. The van der Waals surface area contributed by atoms with Gasteiger partial charge in [0.25, 0.3) is 0 Å². The molecule has 5 nitrogen and oxygen atoms in total. The second-order valence-electron chi connectivity index (χ2n) is 3.76. The quantitative estimate of drug-likeness (QED) is 0.811. The molecular weight excluding hydrogens is 220 g/mol. The number of aryl methyl sites for hydroxylation is 2. The van der Waals surface area contributed by atoms with Crippen LogP contribution in [0.1, 0.15) is 11.1 Å². The molecule has 1 aromatic carbocycles. The predicted molar refractivity (Wildman–Crippen MR) is 65.5 cm³/mol. The Balaban J connectivity index is 3.09. The molecule has 1 rings (SSSR count). The average Bonchev–Trinajstić information content (AvgIpc) is 2.27. The second kappa shape index (κ2) is 5.34. The fourth-order valence-corrected chi connectivity index (χ4v) is 1.74. The third-order valence-electron chi connectivity index (χ3n) is 2.39. The fourth-order valence-electron chi connectivity index (χ4n) is 1.74. The van der Waals surface area contributed by atoms with Gasteiger partial charge in [0.05, 0.1) is 0 Å². The number of nitrogens with one attached hydrogen (secondary N) is 1. The SMILES string of the molecule is CNC(=O)Oc1cc(C)c(N(C)C=O)c(C)c1. The summed E-state index contributed by atoms with van der Waals surface area (Å²) in [6, 6.07) is 3.44. The van der Waals surface area contributed by atoms with E-state index in [1.54, 1.807) is 19.2 Å². The van der Waals surface area contributed by atoms with E-state index in [0.29, 0.717) is 5.75 Å². The van der Waals surface area contributed by atoms with Crippen molar-refractivity contribution in [1.82, 2.24) is 5.32 Å². The second-order valence-corrected chi connectivity index (χ2v) is 3.76. The number of hydrogen-bond donors (Lipinski definition) is 1. The van der Waals surface area contributed by atoms with Crippen molar-refractivity contribution in [2.24, 2.45) is 0 Å². The first-order valence-electron chi connectivity index (χ1n) is 5.18.